The summed E-state index contributed by atoms with van der Waals surface area (Å²) in [4.78, 5) is 31.7. The number of carbonyl (C=O) groups is 2. The number of nitrogens with one attached hydrogen (secondary N) is 2. The van der Waals surface area contributed by atoms with E-state index < -0.39 is 6.04 Å². The van der Waals surface area contributed by atoms with Crippen LogP contribution in [0.4, 0.5) is 11.5 Å². The van der Waals surface area contributed by atoms with Gasteiger partial charge in [0.25, 0.3) is 5.91 Å². The fourth-order valence-corrected chi connectivity index (χ4v) is 4.64. The predicted molar refractivity (Wildman–Crippen MR) is 137 cm³/mol. The smallest absolute Gasteiger partial charge is 0.253 e. The van der Waals surface area contributed by atoms with Crippen molar-refractivity contribution in [2.24, 2.45) is 0 Å². The van der Waals surface area contributed by atoms with Gasteiger partial charge in [-0.05, 0) is 47.5 Å². The Morgan fingerprint density at radius 1 is 0.917 bits per heavy atom. The third-order valence-electron chi connectivity index (χ3n) is 6.16. The standard InChI is InChI=1S/C27H21ClN4O4/c28-17-6-8-21-20(12-17)19(16-4-2-1-3-5-16)14-25(29-21)31-30-22-15-26(33)32(27(22)34)18-7-9-23-24(13-18)36-11-10-35-23/h1-9,12-14,22,30H,10-11,15H2,(H,29,31). The highest BCUT2D eigenvalue weighted by Gasteiger charge is 2.40. The fraction of sp³-hybridized carbons (Fsp3) is 0.148. The van der Waals surface area contributed by atoms with Gasteiger partial charge in [-0.1, -0.05) is 41.9 Å². The van der Waals surface area contributed by atoms with E-state index in [0.29, 0.717) is 41.2 Å². The zero-order chi connectivity index (χ0) is 24.6. The lowest BCUT2D eigenvalue weighted by molar-refractivity contribution is -0.121. The summed E-state index contributed by atoms with van der Waals surface area (Å²) < 4.78 is 11.1. The Bertz CT molecular complexity index is 1490. The van der Waals surface area contributed by atoms with Crippen molar-refractivity contribution in [2.75, 3.05) is 23.5 Å². The van der Waals surface area contributed by atoms with Crippen LogP contribution in [-0.2, 0) is 9.59 Å². The van der Waals surface area contributed by atoms with Crippen molar-refractivity contribution in [3.05, 3.63) is 77.8 Å². The lowest BCUT2D eigenvalue weighted by atomic mass is 10.0. The lowest BCUT2D eigenvalue weighted by Crippen LogP contribution is -2.41. The summed E-state index contributed by atoms with van der Waals surface area (Å²) in [6.45, 7) is 0.885. The van der Waals surface area contributed by atoms with Crippen LogP contribution >= 0.6 is 11.6 Å². The van der Waals surface area contributed by atoms with Crippen molar-refractivity contribution in [3.63, 3.8) is 0 Å². The minimum atomic E-state index is -0.756. The molecule has 0 radical (unpaired) electrons. The molecule has 1 atom stereocenters. The van der Waals surface area contributed by atoms with E-state index in [1.165, 1.54) is 4.90 Å². The monoisotopic (exact) mass is 500 g/mol. The molecular formula is C27H21ClN4O4. The van der Waals surface area contributed by atoms with Crippen LogP contribution in [0, 0.1) is 0 Å². The summed E-state index contributed by atoms with van der Waals surface area (Å²) in [6, 6.07) is 21.6. The molecule has 9 heteroatoms. The molecule has 0 aliphatic carbocycles. The molecule has 3 aromatic carbocycles. The molecule has 1 saturated heterocycles. The number of fused-ring (bicyclic) bond motifs is 2. The molecule has 1 aromatic heterocycles. The van der Waals surface area contributed by atoms with Crippen molar-refractivity contribution in [1.82, 2.24) is 10.4 Å². The van der Waals surface area contributed by atoms with E-state index in [0.717, 1.165) is 22.0 Å². The number of carbonyl (C=O) groups excluding carboxylic acids is 2. The first kappa shape index (κ1) is 22.3. The second-order valence-electron chi connectivity index (χ2n) is 8.50. The van der Waals surface area contributed by atoms with Crippen molar-refractivity contribution in [1.29, 1.82) is 0 Å². The van der Waals surface area contributed by atoms with Gasteiger partial charge in [-0.25, -0.2) is 15.3 Å². The summed E-state index contributed by atoms with van der Waals surface area (Å²) in [5.74, 6) is 0.963. The maximum absolute atomic E-state index is 13.1. The molecule has 3 heterocycles. The SMILES string of the molecule is O=C1CC(NNc2cc(-c3ccccc3)c3cc(Cl)ccc3n2)C(=O)N1c1ccc2c(c1)OCCO2. The minimum absolute atomic E-state index is 0.00894. The number of nitrogens with zero attached hydrogens (tertiary/aromatic N) is 2. The van der Waals surface area contributed by atoms with Crippen molar-refractivity contribution < 1.29 is 19.1 Å². The Balaban J connectivity index is 1.25. The Morgan fingerprint density at radius 2 is 1.72 bits per heavy atom. The van der Waals surface area contributed by atoms with E-state index in [-0.39, 0.29) is 18.2 Å². The molecule has 2 amide bonds. The molecule has 8 nitrogen and oxygen atoms in total. The van der Waals surface area contributed by atoms with Gasteiger partial charge in [-0.15, -0.1) is 0 Å². The van der Waals surface area contributed by atoms with Crippen LogP contribution in [-0.4, -0.2) is 36.1 Å². The first-order valence-electron chi connectivity index (χ1n) is 11.5. The van der Waals surface area contributed by atoms with Crippen LogP contribution in [0.5, 0.6) is 11.5 Å². The van der Waals surface area contributed by atoms with Crippen molar-refractivity contribution in [2.45, 2.75) is 12.5 Å². The van der Waals surface area contributed by atoms with E-state index in [4.69, 9.17) is 21.1 Å². The fourth-order valence-electron chi connectivity index (χ4n) is 4.47. The Hall–Kier alpha value is -4.14. The van der Waals surface area contributed by atoms with Gasteiger partial charge in [0.05, 0.1) is 17.6 Å². The van der Waals surface area contributed by atoms with Gasteiger partial charge in [-0.3, -0.25) is 9.59 Å². The summed E-state index contributed by atoms with van der Waals surface area (Å²) in [6.07, 6.45) is 0.00894. The molecule has 180 valence electrons. The second-order valence-corrected chi connectivity index (χ2v) is 8.94. The number of rotatable bonds is 5. The van der Waals surface area contributed by atoms with Gasteiger partial charge in [0.15, 0.2) is 11.5 Å². The maximum Gasteiger partial charge on any atom is 0.253 e. The first-order valence-corrected chi connectivity index (χ1v) is 11.9. The van der Waals surface area contributed by atoms with Crippen LogP contribution in [0.15, 0.2) is 72.8 Å². The third-order valence-corrected chi connectivity index (χ3v) is 6.40. The molecule has 0 saturated carbocycles. The molecule has 1 fully saturated rings. The number of hydrazine groups is 1. The maximum atomic E-state index is 13.1. The quantitative estimate of drug-likeness (QED) is 0.306. The molecule has 4 aromatic rings. The highest BCUT2D eigenvalue weighted by molar-refractivity contribution is 6.31. The van der Waals surface area contributed by atoms with Gasteiger partial charge < -0.3 is 14.9 Å². The third kappa shape index (κ3) is 4.10. The molecule has 2 aliphatic heterocycles. The summed E-state index contributed by atoms with van der Waals surface area (Å²) in [7, 11) is 0. The number of benzene rings is 3. The van der Waals surface area contributed by atoms with E-state index in [2.05, 4.69) is 15.8 Å². The summed E-state index contributed by atoms with van der Waals surface area (Å²) in [5, 5.41) is 1.53. The number of pyridine rings is 1. The molecule has 2 N–H and O–H groups in total. The van der Waals surface area contributed by atoms with E-state index in [9.17, 15) is 9.59 Å². The molecular weight excluding hydrogens is 480 g/mol. The number of aromatic nitrogens is 1. The largest absolute Gasteiger partial charge is 0.486 e. The second kappa shape index (κ2) is 9.14. The number of hydrogen-bond donors (Lipinski definition) is 2. The topological polar surface area (TPSA) is 92.8 Å². The van der Waals surface area contributed by atoms with E-state index in [1.54, 1.807) is 24.3 Å². The lowest BCUT2D eigenvalue weighted by Gasteiger charge is -2.21. The Morgan fingerprint density at radius 3 is 2.56 bits per heavy atom. The number of halogens is 1. The molecule has 0 bridgehead atoms. The van der Waals surface area contributed by atoms with Crippen LogP contribution < -0.4 is 25.2 Å². The first-order chi connectivity index (χ1) is 17.6. The minimum Gasteiger partial charge on any atom is -0.486 e. The molecule has 0 spiro atoms. The predicted octanol–water partition coefficient (Wildman–Crippen LogP) is 4.58. The molecule has 6 rings (SSSR count). The number of ether oxygens (including phenoxy) is 2. The average Bonchev–Trinajstić information content (AvgIpc) is 3.19. The zero-order valence-corrected chi connectivity index (χ0v) is 19.8. The van der Waals surface area contributed by atoms with Gasteiger partial charge in [0.1, 0.15) is 25.1 Å². The zero-order valence-electron chi connectivity index (χ0n) is 19.0. The van der Waals surface area contributed by atoms with E-state index >= 15 is 0 Å². The normalized spacial score (nSPS) is 17.0. The summed E-state index contributed by atoms with van der Waals surface area (Å²) in [5.41, 5.74) is 9.17. The van der Waals surface area contributed by atoms with Crippen LogP contribution in [0.2, 0.25) is 5.02 Å². The highest BCUT2D eigenvalue weighted by atomic mass is 35.5. The van der Waals surface area contributed by atoms with Crippen LogP contribution in [0.25, 0.3) is 22.0 Å². The van der Waals surface area contributed by atoms with Crippen molar-refractivity contribution in [3.8, 4) is 22.6 Å². The van der Waals surface area contributed by atoms with Gasteiger partial charge in [0.2, 0.25) is 5.91 Å². The molecule has 2 aliphatic rings. The van der Waals surface area contributed by atoms with Crippen LogP contribution in [0.3, 0.4) is 0 Å². The Kier molecular flexibility index (Phi) is 5.67. The van der Waals surface area contributed by atoms with Gasteiger partial charge in [0, 0.05) is 16.5 Å². The van der Waals surface area contributed by atoms with Gasteiger partial charge in [-0.2, -0.15) is 0 Å². The van der Waals surface area contributed by atoms with Gasteiger partial charge >= 0.3 is 0 Å². The highest BCUT2D eigenvalue weighted by Crippen LogP contribution is 2.36. The van der Waals surface area contributed by atoms with E-state index in [1.807, 2.05) is 48.5 Å². The molecule has 1 unspecified atom stereocenters. The van der Waals surface area contributed by atoms with Crippen LogP contribution in [0.1, 0.15) is 6.42 Å². The Labute approximate surface area is 211 Å². The number of anilines is 2. The average molecular weight is 501 g/mol. The molecule has 36 heavy (non-hydrogen) atoms. The number of hydrogen-bond acceptors (Lipinski definition) is 7. The number of amides is 2. The number of imide groups is 1. The summed E-state index contributed by atoms with van der Waals surface area (Å²) >= 11 is 6.25. The van der Waals surface area contributed by atoms with Crippen molar-refractivity contribution >= 4 is 45.8 Å².